The standard InChI is InChI=1S/C20H20ClN3/c1-15(12-16-6-4-3-5-7-16)13-22-20-23-14-19(24(20)2)17-8-10-18(21)11-9-17/h3-12,14H,13H2,1-2H3,(H,22,23). The van der Waals surface area contributed by atoms with Crippen molar-refractivity contribution in [1.82, 2.24) is 9.55 Å². The SMILES string of the molecule is CC(=Cc1ccccc1)CNc1ncc(-c2ccc(Cl)cc2)n1C. The van der Waals surface area contributed by atoms with E-state index in [-0.39, 0.29) is 0 Å². The van der Waals surface area contributed by atoms with Gasteiger partial charge in [0.1, 0.15) is 0 Å². The molecule has 1 N–H and O–H groups in total. The van der Waals surface area contributed by atoms with Crippen LogP contribution in [0.25, 0.3) is 17.3 Å². The molecular weight excluding hydrogens is 318 g/mol. The van der Waals surface area contributed by atoms with Crippen LogP contribution in [0.5, 0.6) is 0 Å². The van der Waals surface area contributed by atoms with Crippen molar-refractivity contribution in [3.05, 3.63) is 77.0 Å². The molecule has 0 aliphatic carbocycles. The Balaban J connectivity index is 1.70. The van der Waals surface area contributed by atoms with Crippen LogP contribution in [0.3, 0.4) is 0 Å². The molecule has 2 aromatic carbocycles. The number of nitrogens with zero attached hydrogens (tertiary/aromatic N) is 2. The van der Waals surface area contributed by atoms with Crippen molar-refractivity contribution in [2.24, 2.45) is 7.05 Å². The Kier molecular flexibility index (Phi) is 5.02. The minimum atomic E-state index is 0.737. The third-order valence-corrected chi connectivity index (χ3v) is 4.12. The third kappa shape index (κ3) is 3.87. The number of aromatic nitrogens is 2. The maximum absolute atomic E-state index is 5.95. The molecule has 0 amide bonds. The van der Waals surface area contributed by atoms with Gasteiger partial charge in [-0.05, 0) is 30.2 Å². The number of halogens is 1. The topological polar surface area (TPSA) is 29.9 Å². The maximum atomic E-state index is 5.95. The second-order valence-electron chi connectivity index (χ2n) is 5.79. The molecule has 3 aromatic rings. The summed E-state index contributed by atoms with van der Waals surface area (Å²) >= 11 is 5.95. The summed E-state index contributed by atoms with van der Waals surface area (Å²) < 4.78 is 2.05. The van der Waals surface area contributed by atoms with Gasteiger partial charge in [-0.15, -0.1) is 0 Å². The van der Waals surface area contributed by atoms with Gasteiger partial charge in [-0.25, -0.2) is 4.98 Å². The lowest BCUT2D eigenvalue weighted by molar-refractivity contribution is 0.916. The van der Waals surface area contributed by atoms with Crippen LogP contribution in [0.4, 0.5) is 5.95 Å². The van der Waals surface area contributed by atoms with Crippen LogP contribution < -0.4 is 5.32 Å². The number of rotatable bonds is 5. The van der Waals surface area contributed by atoms with E-state index >= 15 is 0 Å². The summed E-state index contributed by atoms with van der Waals surface area (Å²) in [6.45, 7) is 2.86. The van der Waals surface area contributed by atoms with E-state index in [2.05, 4.69) is 40.0 Å². The van der Waals surface area contributed by atoms with Gasteiger partial charge in [0, 0.05) is 18.6 Å². The molecule has 0 atom stereocenters. The molecule has 1 heterocycles. The molecule has 0 unspecified atom stereocenters. The smallest absolute Gasteiger partial charge is 0.203 e. The molecule has 122 valence electrons. The number of anilines is 1. The summed E-state index contributed by atoms with van der Waals surface area (Å²) in [7, 11) is 2.01. The zero-order valence-electron chi connectivity index (χ0n) is 13.8. The summed E-state index contributed by atoms with van der Waals surface area (Å²) in [5.74, 6) is 0.848. The first-order valence-corrected chi connectivity index (χ1v) is 8.25. The Morgan fingerprint density at radius 1 is 1.12 bits per heavy atom. The largest absolute Gasteiger partial charge is 0.352 e. The highest BCUT2D eigenvalue weighted by atomic mass is 35.5. The van der Waals surface area contributed by atoms with E-state index in [9.17, 15) is 0 Å². The van der Waals surface area contributed by atoms with E-state index in [1.807, 2.05) is 55.7 Å². The van der Waals surface area contributed by atoms with Crippen molar-refractivity contribution in [2.45, 2.75) is 6.92 Å². The van der Waals surface area contributed by atoms with Gasteiger partial charge < -0.3 is 9.88 Å². The Labute approximate surface area is 147 Å². The van der Waals surface area contributed by atoms with Gasteiger partial charge in [0.05, 0.1) is 11.9 Å². The minimum absolute atomic E-state index is 0.737. The molecule has 3 nitrogen and oxygen atoms in total. The molecule has 0 spiro atoms. The Hall–Kier alpha value is -2.52. The van der Waals surface area contributed by atoms with Gasteiger partial charge in [0.2, 0.25) is 5.95 Å². The number of hydrogen-bond donors (Lipinski definition) is 1. The molecule has 0 bridgehead atoms. The van der Waals surface area contributed by atoms with Crippen molar-refractivity contribution < 1.29 is 0 Å². The monoisotopic (exact) mass is 337 g/mol. The fourth-order valence-electron chi connectivity index (χ4n) is 2.57. The van der Waals surface area contributed by atoms with E-state index in [1.165, 1.54) is 11.1 Å². The molecule has 0 saturated heterocycles. The van der Waals surface area contributed by atoms with Crippen LogP contribution in [0, 0.1) is 0 Å². The van der Waals surface area contributed by atoms with E-state index in [0.29, 0.717) is 0 Å². The summed E-state index contributed by atoms with van der Waals surface area (Å²) in [4.78, 5) is 4.49. The van der Waals surface area contributed by atoms with E-state index < -0.39 is 0 Å². The number of imidazole rings is 1. The predicted molar refractivity (Wildman–Crippen MR) is 102 cm³/mol. The molecule has 4 heteroatoms. The average Bonchev–Trinajstić information content (AvgIpc) is 2.95. The lowest BCUT2D eigenvalue weighted by Crippen LogP contribution is -2.08. The molecule has 3 rings (SSSR count). The lowest BCUT2D eigenvalue weighted by atomic mass is 10.1. The van der Waals surface area contributed by atoms with Crippen LogP contribution >= 0.6 is 11.6 Å². The van der Waals surface area contributed by atoms with Crippen LogP contribution in [0.1, 0.15) is 12.5 Å². The van der Waals surface area contributed by atoms with Crippen LogP contribution in [0.2, 0.25) is 5.02 Å². The average molecular weight is 338 g/mol. The highest BCUT2D eigenvalue weighted by Gasteiger charge is 2.08. The van der Waals surface area contributed by atoms with E-state index in [0.717, 1.165) is 28.8 Å². The molecule has 0 radical (unpaired) electrons. The fraction of sp³-hybridized carbons (Fsp3) is 0.150. The summed E-state index contributed by atoms with van der Waals surface area (Å²) in [5.41, 5.74) is 4.61. The number of nitrogens with one attached hydrogen (secondary N) is 1. The summed E-state index contributed by atoms with van der Waals surface area (Å²) in [6, 6.07) is 18.1. The first-order valence-electron chi connectivity index (χ1n) is 7.87. The van der Waals surface area contributed by atoms with E-state index in [4.69, 9.17) is 11.6 Å². The van der Waals surface area contributed by atoms with Gasteiger partial charge in [0.15, 0.2) is 0 Å². The number of benzene rings is 2. The Morgan fingerprint density at radius 2 is 1.83 bits per heavy atom. The first kappa shape index (κ1) is 16.3. The van der Waals surface area contributed by atoms with Gasteiger partial charge in [-0.3, -0.25) is 0 Å². The molecule has 0 saturated carbocycles. The van der Waals surface area contributed by atoms with Crippen LogP contribution in [-0.2, 0) is 7.05 Å². The fourth-order valence-corrected chi connectivity index (χ4v) is 2.69. The first-order chi connectivity index (χ1) is 11.6. The van der Waals surface area contributed by atoms with Gasteiger partial charge in [-0.1, -0.05) is 65.7 Å². The molecule has 24 heavy (non-hydrogen) atoms. The summed E-state index contributed by atoms with van der Waals surface area (Å²) in [6.07, 6.45) is 4.05. The van der Waals surface area contributed by atoms with Crippen molar-refractivity contribution in [1.29, 1.82) is 0 Å². The second kappa shape index (κ2) is 7.37. The van der Waals surface area contributed by atoms with Crippen molar-refractivity contribution in [3.63, 3.8) is 0 Å². The van der Waals surface area contributed by atoms with Gasteiger partial charge in [-0.2, -0.15) is 0 Å². The van der Waals surface area contributed by atoms with Crippen LogP contribution in [-0.4, -0.2) is 16.1 Å². The predicted octanol–water partition coefficient (Wildman–Crippen LogP) is 5.26. The zero-order chi connectivity index (χ0) is 16.9. The quantitative estimate of drug-likeness (QED) is 0.688. The second-order valence-corrected chi connectivity index (χ2v) is 6.22. The van der Waals surface area contributed by atoms with E-state index in [1.54, 1.807) is 0 Å². The van der Waals surface area contributed by atoms with Crippen molar-refractivity contribution >= 4 is 23.6 Å². The molecule has 0 aliphatic rings. The minimum Gasteiger partial charge on any atom is -0.352 e. The van der Waals surface area contributed by atoms with Gasteiger partial charge >= 0.3 is 0 Å². The van der Waals surface area contributed by atoms with Crippen molar-refractivity contribution in [2.75, 3.05) is 11.9 Å². The lowest BCUT2D eigenvalue weighted by Gasteiger charge is -2.09. The van der Waals surface area contributed by atoms with Gasteiger partial charge in [0.25, 0.3) is 0 Å². The maximum Gasteiger partial charge on any atom is 0.203 e. The van der Waals surface area contributed by atoms with Crippen LogP contribution in [0.15, 0.2) is 66.4 Å². The highest BCUT2D eigenvalue weighted by Crippen LogP contribution is 2.23. The summed E-state index contributed by atoms with van der Waals surface area (Å²) in [5, 5.41) is 4.13. The number of hydrogen-bond acceptors (Lipinski definition) is 2. The van der Waals surface area contributed by atoms with Crippen molar-refractivity contribution in [3.8, 4) is 11.3 Å². The molecular formula is C20H20ClN3. The third-order valence-electron chi connectivity index (χ3n) is 3.87. The normalized spacial score (nSPS) is 11.5. The highest BCUT2D eigenvalue weighted by molar-refractivity contribution is 6.30. The molecule has 0 aliphatic heterocycles. The Morgan fingerprint density at radius 3 is 2.54 bits per heavy atom. The Bertz CT molecular complexity index is 833. The zero-order valence-corrected chi connectivity index (χ0v) is 14.6. The molecule has 0 fully saturated rings. The molecule has 1 aromatic heterocycles.